The molecule has 0 aliphatic heterocycles. The van der Waals surface area contributed by atoms with Crippen molar-refractivity contribution in [2.45, 2.75) is 26.1 Å². The molecule has 0 saturated heterocycles. The lowest BCUT2D eigenvalue weighted by atomic mass is 10.2. The Morgan fingerprint density at radius 2 is 2.00 bits per heavy atom. The summed E-state index contributed by atoms with van der Waals surface area (Å²) in [6, 6.07) is 5.14. The van der Waals surface area contributed by atoms with Crippen molar-refractivity contribution in [3.05, 3.63) is 23.8 Å². The zero-order valence-corrected chi connectivity index (χ0v) is 11.0. The Morgan fingerprint density at radius 1 is 1.26 bits per heavy atom. The largest absolute Gasteiger partial charge is 0.497 e. The molecule has 0 unspecified atom stereocenters. The minimum absolute atomic E-state index is 0.393. The second-order valence-corrected chi connectivity index (χ2v) is 3.97. The SMILES string of the molecule is CCNCc1ccc(OC)cc1OCCC(F)(F)F. The first-order valence-corrected chi connectivity index (χ1v) is 6.03. The van der Waals surface area contributed by atoms with E-state index >= 15 is 0 Å². The first-order valence-electron chi connectivity index (χ1n) is 6.03. The third kappa shape index (κ3) is 5.83. The molecule has 0 bridgehead atoms. The molecule has 19 heavy (non-hydrogen) atoms. The fraction of sp³-hybridized carbons (Fsp3) is 0.538. The Labute approximate surface area is 110 Å². The van der Waals surface area contributed by atoms with Gasteiger partial charge in [0.15, 0.2) is 0 Å². The van der Waals surface area contributed by atoms with Crippen molar-refractivity contribution in [2.75, 3.05) is 20.3 Å². The van der Waals surface area contributed by atoms with Gasteiger partial charge in [-0.1, -0.05) is 13.0 Å². The molecule has 1 aromatic rings. The Bertz CT molecular complexity index is 394. The van der Waals surface area contributed by atoms with Crippen LogP contribution in [0.4, 0.5) is 13.2 Å². The zero-order valence-electron chi connectivity index (χ0n) is 11.0. The fourth-order valence-electron chi connectivity index (χ4n) is 1.48. The number of halogens is 3. The van der Waals surface area contributed by atoms with Crippen molar-refractivity contribution in [1.29, 1.82) is 0 Å². The van der Waals surface area contributed by atoms with Crippen LogP contribution in [-0.2, 0) is 6.54 Å². The third-order valence-electron chi connectivity index (χ3n) is 2.48. The van der Waals surface area contributed by atoms with Crippen LogP contribution in [0, 0.1) is 0 Å². The highest BCUT2D eigenvalue weighted by atomic mass is 19.4. The number of benzene rings is 1. The van der Waals surface area contributed by atoms with Crippen LogP contribution < -0.4 is 14.8 Å². The molecule has 0 radical (unpaired) electrons. The van der Waals surface area contributed by atoms with Crippen LogP contribution in [0.2, 0.25) is 0 Å². The number of rotatable bonds is 7. The average molecular weight is 277 g/mol. The molecule has 0 spiro atoms. The van der Waals surface area contributed by atoms with Crippen LogP contribution in [0.5, 0.6) is 11.5 Å². The summed E-state index contributed by atoms with van der Waals surface area (Å²) in [5.41, 5.74) is 0.810. The maximum Gasteiger partial charge on any atom is 0.392 e. The standard InChI is InChI=1S/C13H18F3NO2/c1-3-17-9-10-4-5-11(18-2)8-12(10)19-7-6-13(14,15)16/h4-5,8,17H,3,6-7,9H2,1-2H3. The second kappa shape index (κ2) is 7.23. The van der Waals surface area contributed by atoms with Crippen molar-refractivity contribution in [3.63, 3.8) is 0 Å². The molecule has 0 aliphatic rings. The number of hydrogen-bond acceptors (Lipinski definition) is 3. The highest BCUT2D eigenvalue weighted by molar-refractivity contribution is 5.40. The summed E-state index contributed by atoms with van der Waals surface area (Å²) in [5.74, 6) is 0.979. The lowest BCUT2D eigenvalue weighted by Crippen LogP contribution is -2.15. The van der Waals surface area contributed by atoms with Crippen molar-refractivity contribution < 1.29 is 22.6 Å². The molecule has 0 amide bonds. The molecular weight excluding hydrogens is 259 g/mol. The van der Waals surface area contributed by atoms with E-state index in [2.05, 4.69) is 5.32 Å². The predicted octanol–water partition coefficient (Wildman–Crippen LogP) is 3.14. The maximum atomic E-state index is 12.1. The lowest BCUT2D eigenvalue weighted by Gasteiger charge is -2.14. The molecule has 1 aromatic carbocycles. The molecular formula is C13H18F3NO2. The third-order valence-corrected chi connectivity index (χ3v) is 2.48. The predicted molar refractivity (Wildman–Crippen MR) is 66.5 cm³/mol. The minimum atomic E-state index is -4.21. The quantitative estimate of drug-likeness (QED) is 0.830. The molecule has 6 heteroatoms. The van der Waals surface area contributed by atoms with Gasteiger partial charge >= 0.3 is 6.18 Å². The summed E-state index contributed by atoms with van der Waals surface area (Å²) in [6.45, 7) is 2.87. The number of nitrogens with one attached hydrogen (secondary N) is 1. The summed E-state index contributed by atoms with van der Waals surface area (Å²) in [7, 11) is 1.50. The summed E-state index contributed by atoms with van der Waals surface area (Å²) >= 11 is 0. The van der Waals surface area contributed by atoms with E-state index in [-0.39, 0.29) is 0 Å². The zero-order chi connectivity index (χ0) is 14.3. The first kappa shape index (κ1) is 15.6. The molecule has 0 aromatic heterocycles. The van der Waals surface area contributed by atoms with Crippen LogP contribution in [-0.4, -0.2) is 26.4 Å². The minimum Gasteiger partial charge on any atom is -0.497 e. The van der Waals surface area contributed by atoms with Gasteiger partial charge in [0, 0.05) is 18.2 Å². The van der Waals surface area contributed by atoms with Crippen LogP contribution in [0.15, 0.2) is 18.2 Å². The lowest BCUT2D eigenvalue weighted by molar-refractivity contribution is -0.139. The monoisotopic (exact) mass is 277 g/mol. The van der Waals surface area contributed by atoms with Gasteiger partial charge in [0.2, 0.25) is 0 Å². The van der Waals surface area contributed by atoms with E-state index in [4.69, 9.17) is 9.47 Å². The van der Waals surface area contributed by atoms with E-state index < -0.39 is 19.2 Å². The summed E-state index contributed by atoms with van der Waals surface area (Å²) in [4.78, 5) is 0. The second-order valence-electron chi connectivity index (χ2n) is 3.97. The van der Waals surface area contributed by atoms with Crippen molar-refractivity contribution >= 4 is 0 Å². The van der Waals surface area contributed by atoms with E-state index in [0.29, 0.717) is 18.0 Å². The van der Waals surface area contributed by atoms with Crippen LogP contribution >= 0.6 is 0 Å². The van der Waals surface area contributed by atoms with Gasteiger partial charge in [-0.15, -0.1) is 0 Å². The molecule has 3 nitrogen and oxygen atoms in total. The molecule has 1 N–H and O–H groups in total. The fourth-order valence-corrected chi connectivity index (χ4v) is 1.48. The first-order chi connectivity index (χ1) is 8.96. The summed E-state index contributed by atoms with van der Waals surface area (Å²) in [5, 5.41) is 3.11. The molecule has 0 fully saturated rings. The van der Waals surface area contributed by atoms with E-state index in [1.807, 2.05) is 6.92 Å². The molecule has 0 heterocycles. The average Bonchev–Trinajstić information content (AvgIpc) is 2.35. The van der Waals surface area contributed by atoms with Crippen LogP contribution in [0.1, 0.15) is 18.9 Å². The number of alkyl halides is 3. The van der Waals surface area contributed by atoms with E-state index in [1.165, 1.54) is 7.11 Å². The van der Waals surface area contributed by atoms with Gasteiger partial charge in [-0.05, 0) is 12.6 Å². The molecule has 1 rings (SSSR count). The van der Waals surface area contributed by atoms with Gasteiger partial charge < -0.3 is 14.8 Å². The Kier molecular flexibility index (Phi) is 5.95. The van der Waals surface area contributed by atoms with Crippen molar-refractivity contribution in [1.82, 2.24) is 5.32 Å². The van der Waals surface area contributed by atoms with E-state index in [1.54, 1.807) is 18.2 Å². The van der Waals surface area contributed by atoms with Crippen molar-refractivity contribution in [2.24, 2.45) is 0 Å². The van der Waals surface area contributed by atoms with Gasteiger partial charge in [0.05, 0.1) is 20.1 Å². The van der Waals surface area contributed by atoms with Gasteiger partial charge in [-0.25, -0.2) is 0 Å². The molecule has 0 aliphatic carbocycles. The van der Waals surface area contributed by atoms with E-state index in [0.717, 1.165) is 12.1 Å². The Hall–Kier alpha value is -1.43. The highest BCUT2D eigenvalue weighted by Crippen LogP contribution is 2.26. The highest BCUT2D eigenvalue weighted by Gasteiger charge is 2.27. The van der Waals surface area contributed by atoms with E-state index in [9.17, 15) is 13.2 Å². The smallest absolute Gasteiger partial charge is 0.392 e. The summed E-state index contributed by atoms with van der Waals surface area (Å²) in [6.07, 6.45) is -5.18. The van der Waals surface area contributed by atoms with Crippen molar-refractivity contribution in [3.8, 4) is 11.5 Å². The van der Waals surface area contributed by atoms with Crippen LogP contribution in [0.3, 0.4) is 0 Å². The summed E-state index contributed by atoms with van der Waals surface area (Å²) < 4.78 is 46.5. The van der Waals surface area contributed by atoms with Crippen LogP contribution in [0.25, 0.3) is 0 Å². The Balaban J connectivity index is 2.70. The van der Waals surface area contributed by atoms with Gasteiger partial charge in [0.1, 0.15) is 11.5 Å². The number of ether oxygens (including phenoxy) is 2. The molecule has 0 atom stereocenters. The normalized spacial score (nSPS) is 11.4. The number of methoxy groups -OCH3 is 1. The maximum absolute atomic E-state index is 12.1. The molecule has 0 saturated carbocycles. The Morgan fingerprint density at radius 3 is 2.58 bits per heavy atom. The van der Waals surface area contributed by atoms with Gasteiger partial charge in [-0.2, -0.15) is 13.2 Å². The molecule has 108 valence electrons. The topological polar surface area (TPSA) is 30.5 Å². The number of hydrogen-bond donors (Lipinski definition) is 1. The van der Waals surface area contributed by atoms with Gasteiger partial charge in [-0.3, -0.25) is 0 Å². The van der Waals surface area contributed by atoms with Gasteiger partial charge in [0.25, 0.3) is 0 Å².